The van der Waals surface area contributed by atoms with Crippen molar-refractivity contribution >= 4 is 9.84 Å². The summed E-state index contributed by atoms with van der Waals surface area (Å²) in [6, 6.07) is 0. The number of hydrogen-bond donors (Lipinski definition) is 0. The van der Waals surface area contributed by atoms with Crippen LogP contribution in [0.2, 0.25) is 0 Å². The van der Waals surface area contributed by atoms with E-state index in [1.807, 2.05) is 0 Å². The smallest absolute Gasteiger partial charge is 0.179 e. The van der Waals surface area contributed by atoms with E-state index in [0.29, 0.717) is 0 Å². The van der Waals surface area contributed by atoms with Gasteiger partial charge in [0.25, 0.3) is 0 Å². The highest BCUT2D eigenvalue weighted by Crippen LogP contribution is 2.08. The predicted molar refractivity (Wildman–Crippen MR) is 22.4 cm³/mol. The molecule has 6 heavy (non-hydrogen) atoms. The van der Waals surface area contributed by atoms with Crippen LogP contribution < -0.4 is 0 Å². The highest BCUT2D eigenvalue weighted by atomic mass is 32.2. The van der Waals surface area contributed by atoms with Crippen molar-refractivity contribution in [3.63, 3.8) is 0 Å². The summed E-state index contributed by atoms with van der Waals surface area (Å²) in [6.07, 6.45) is 1.50. The first kappa shape index (κ1) is 3.87. The van der Waals surface area contributed by atoms with Crippen LogP contribution in [0.15, 0.2) is 11.5 Å². The molecule has 1 heterocycles. The molecule has 1 radical (unpaired) electrons. The molecule has 1 rings (SSSR count). The van der Waals surface area contributed by atoms with Crippen molar-refractivity contribution in [1.29, 1.82) is 0 Å². The lowest BCUT2D eigenvalue weighted by molar-refractivity contribution is 0.608. The van der Waals surface area contributed by atoms with Crippen molar-refractivity contribution in [1.82, 2.24) is 0 Å². The zero-order chi connectivity index (χ0) is 4.62. The Hall–Kier alpha value is -0.310. The summed E-state index contributed by atoms with van der Waals surface area (Å²) in [5, 5.41) is 1.16. The minimum Gasteiger partial charge on any atom is -0.224 e. The maximum atomic E-state index is 9.94. The molecule has 1 aliphatic rings. The van der Waals surface area contributed by atoms with Gasteiger partial charge in [-0.05, 0) is 0 Å². The van der Waals surface area contributed by atoms with Crippen LogP contribution in [0.25, 0.3) is 0 Å². The first-order chi connectivity index (χ1) is 2.71. The molecule has 0 amide bonds. The summed E-state index contributed by atoms with van der Waals surface area (Å²) in [4.78, 5) is 0. The third-order valence-corrected chi connectivity index (χ3v) is 1.61. The van der Waals surface area contributed by atoms with Crippen molar-refractivity contribution in [2.45, 2.75) is 0 Å². The molecule has 0 aromatic rings. The van der Waals surface area contributed by atoms with Gasteiger partial charge in [-0.25, -0.2) is 8.42 Å². The van der Waals surface area contributed by atoms with Crippen LogP contribution in [-0.2, 0) is 9.84 Å². The molecule has 0 aromatic heterocycles. The van der Waals surface area contributed by atoms with Gasteiger partial charge in [0.05, 0.1) is 0 Å². The monoisotopic (exact) mass is 103 g/mol. The number of sulfone groups is 1. The quantitative estimate of drug-likeness (QED) is 0.435. The van der Waals surface area contributed by atoms with Crippen molar-refractivity contribution < 1.29 is 8.42 Å². The zero-order valence-corrected chi connectivity index (χ0v) is 3.77. The number of hydrogen-bond acceptors (Lipinski definition) is 2. The van der Waals surface area contributed by atoms with E-state index in [9.17, 15) is 8.42 Å². The van der Waals surface area contributed by atoms with E-state index in [1.165, 1.54) is 6.08 Å². The second kappa shape index (κ2) is 0.846. The Kier molecular flexibility index (Phi) is 0.545. The lowest BCUT2D eigenvalue weighted by atomic mass is 10.7. The fraction of sp³-hybridized carbons (Fsp3) is 0. The maximum Gasteiger partial charge on any atom is 0.179 e. The van der Waals surface area contributed by atoms with Crippen molar-refractivity contribution in [2.75, 3.05) is 0 Å². The first-order valence-electron chi connectivity index (χ1n) is 1.47. The van der Waals surface area contributed by atoms with Crippen LogP contribution in [0.5, 0.6) is 0 Å². The average Bonchev–Trinajstić information content (AvgIpc) is 1.32. The van der Waals surface area contributed by atoms with E-state index in [2.05, 4.69) is 0 Å². The van der Waals surface area contributed by atoms with E-state index in [1.54, 1.807) is 0 Å². The van der Waals surface area contributed by atoms with E-state index >= 15 is 0 Å². The fourth-order valence-electron chi connectivity index (χ4n) is 0.207. The molecule has 0 bridgehead atoms. The summed E-state index contributed by atoms with van der Waals surface area (Å²) in [6.45, 7) is 0. The Labute approximate surface area is 36.4 Å². The molecule has 33 valence electrons. The maximum absolute atomic E-state index is 9.94. The van der Waals surface area contributed by atoms with Crippen LogP contribution in [-0.4, -0.2) is 8.42 Å². The first-order valence-corrected chi connectivity index (χ1v) is 3.08. The average molecular weight is 103 g/mol. The fourth-order valence-corrected chi connectivity index (χ4v) is 0.621. The summed E-state index contributed by atoms with van der Waals surface area (Å²) in [5.41, 5.74) is 0. The molecule has 0 atom stereocenters. The molecule has 0 saturated heterocycles. The Bertz CT molecular complexity index is 163. The molecular formula is C3H3O2S. The topological polar surface area (TPSA) is 34.1 Å². The third kappa shape index (κ3) is 0.452. The van der Waals surface area contributed by atoms with Crippen LogP contribution in [0, 0.1) is 5.75 Å². The molecule has 0 unspecified atom stereocenters. The molecule has 0 N–H and O–H groups in total. The largest absolute Gasteiger partial charge is 0.224 e. The summed E-state index contributed by atoms with van der Waals surface area (Å²) < 4.78 is 19.9. The summed E-state index contributed by atoms with van der Waals surface area (Å²) in [7, 11) is -2.79. The molecular weight excluding hydrogens is 100 g/mol. The van der Waals surface area contributed by atoms with E-state index < -0.39 is 9.84 Å². The molecule has 0 fully saturated rings. The highest BCUT2D eigenvalue weighted by Gasteiger charge is 2.10. The molecule has 0 aromatic carbocycles. The second-order valence-electron chi connectivity index (χ2n) is 1.05. The predicted octanol–water partition coefficient (Wildman–Crippen LogP) is 0.0903. The molecule has 0 saturated carbocycles. The minimum absolute atomic E-state index is 1.16. The SMILES string of the molecule is O=S1(=O)[CH]C=C1. The van der Waals surface area contributed by atoms with Gasteiger partial charge in [-0.1, -0.05) is 6.08 Å². The van der Waals surface area contributed by atoms with Gasteiger partial charge in [0.1, 0.15) is 5.75 Å². The highest BCUT2D eigenvalue weighted by molar-refractivity contribution is 7.97. The van der Waals surface area contributed by atoms with E-state index in [0.717, 1.165) is 11.2 Å². The minimum atomic E-state index is -2.79. The summed E-state index contributed by atoms with van der Waals surface area (Å²) >= 11 is 0. The normalized spacial score (nSPS) is 26.0. The zero-order valence-electron chi connectivity index (χ0n) is 2.96. The lowest BCUT2D eigenvalue weighted by Crippen LogP contribution is -2.00. The van der Waals surface area contributed by atoms with Gasteiger partial charge >= 0.3 is 0 Å². The molecule has 1 aliphatic heterocycles. The van der Waals surface area contributed by atoms with Gasteiger partial charge in [0, 0.05) is 5.41 Å². The van der Waals surface area contributed by atoms with Crippen molar-refractivity contribution in [3.05, 3.63) is 17.2 Å². The molecule has 2 nitrogen and oxygen atoms in total. The molecule has 3 heteroatoms. The second-order valence-corrected chi connectivity index (χ2v) is 2.78. The third-order valence-electron chi connectivity index (χ3n) is 0.536. The molecule has 0 aliphatic carbocycles. The van der Waals surface area contributed by atoms with Crippen LogP contribution in [0.1, 0.15) is 0 Å². The van der Waals surface area contributed by atoms with Crippen LogP contribution in [0.4, 0.5) is 0 Å². The van der Waals surface area contributed by atoms with Gasteiger partial charge in [0.2, 0.25) is 0 Å². The lowest BCUT2D eigenvalue weighted by Gasteiger charge is -1.97. The van der Waals surface area contributed by atoms with Gasteiger partial charge < -0.3 is 0 Å². The van der Waals surface area contributed by atoms with E-state index in [-0.39, 0.29) is 0 Å². The standard InChI is InChI=1S/C3H3O2S/c4-6(5)2-1-3-6/h1-3H. The Morgan fingerprint density at radius 2 is 1.67 bits per heavy atom. The Morgan fingerprint density at radius 1 is 1.33 bits per heavy atom. The number of rotatable bonds is 0. The van der Waals surface area contributed by atoms with Crippen molar-refractivity contribution in [3.8, 4) is 0 Å². The van der Waals surface area contributed by atoms with Gasteiger partial charge in [0.15, 0.2) is 9.84 Å². The Morgan fingerprint density at radius 3 is 1.67 bits per heavy atom. The van der Waals surface area contributed by atoms with Crippen molar-refractivity contribution in [2.24, 2.45) is 0 Å². The van der Waals surface area contributed by atoms with Gasteiger partial charge in [-0.3, -0.25) is 0 Å². The van der Waals surface area contributed by atoms with Crippen LogP contribution in [0.3, 0.4) is 0 Å². The molecule has 0 spiro atoms. The van der Waals surface area contributed by atoms with Gasteiger partial charge in [-0.15, -0.1) is 0 Å². The summed E-state index contributed by atoms with van der Waals surface area (Å²) in [5.74, 6) is 1.16. The van der Waals surface area contributed by atoms with E-state index in [4.69, 9.17) is 0 Å². The Balaban J connectivity index is 3.15. The van der Waals surface area contributed by atoms with Crippen LogP contribution >= 0.6 is 0 Å². The van der Waals surface area contributed by atoms with Gasteiger partial charge in [-0.2, -0.15) is 0 Å².